The molecule has 0 spiro atoms. The van der Waals surface area contributed by atoms with Crippen LogP contribution in [0.2, 0.25) is 0 Å². The Morgan fingerprint density at radius 3 is 2.75 bits per heavy atom. The van der Waals surface area contributed by atoms with Crippen LogP contribution in [0, 0.1) is 0 Å². The van der Waals surface area contributed by atoms with E-state index in [1.54, 1.807) is 6.20 Å². The molecule has 2 rings (SSSR count). The van der Waals surface area contributed by atoms with Gasteiger partial charge in [0.15, 0.2) is 0 Å². The van der Waals surface area contributed by atoms with Gasteiger partial charge in [-0.15, -0.1) is 0 Å². The lowest BCUT2D eigenvalue weighted by Crippen LogP contribution is -2.15. The van der Waals surface area contributed by atoms with Crippen molar-refractivity contribution in [3.05, 3.63) is 30.5 Å². The second-order valence-electron chi connectivity index (χ2n) is 4.08. The second-order valence-corrected chi connectivity index (χ2v) is 4.08. The highest BCUT2D eigenvalue weighted by Gasteiger charge is 2.03. The van der Waals surface area contributed by atoms with Crippen molar-refractivity contribution in [1.29, 1.82) is 0 Å². The lowest BCUT2D eigenvalue weighted by atomic mass is 10.2. The summed E-state index contributed by atoms with van der Waals surface area (Å²) >= 11 is 0. The number of para-hydroxylation sites is 2. The van der Waals surface area contributed by atoms with E-state index >= 15 is 0 Å². The number of benzene rings is 1. The molecule has 0 radical (unpaired) electrons. The highest BCUT2D eigenvalue weighted by atomic mass is 15.0. The first kappa shape index (κ1) is 10.9. The number of fused-ring (bicyclic) bond motifs is 1. The summed E-state index contributed by atoms with van der Waals surface area (Å²) in [7, 11) is 0. The predicted octanol–water partition coefficient (Wildman–Crippen LogP) is 3.23. The maximum atomic E-state index is 4.52. The minimum absolute atomic E-state index is 0.445. The summed E-state index contributed by atoms with van der Waals surface area (Å²) < 4.78 is 0. The van der Waals surface area contributed by atoms with Gasteiger partial charge >= 0.3 is 0 Å². The van der Waals surface area contributed by atoms with E-state index < -0.39 is 0 Å². The zero-order valence-corrected chi connectivity index (χ0v) is 9.77. The monoisotopic (exact) mass is 215 g/mol. The van der Waals surface area contributed by atoms with Crippen LogP contribution in [0.4, 0.5) is 5.82 Å². The van der Waals surface area contributed by atoms with Crippen molar-refractivity contribution in [2.75, 3.05) is 5.32 Å². The Kier molecular flexibility index (Phi) is 3.34. The summed E-state index contributed by atoms with van der Waals surface area (Å²) in [6.45, 7) is 4.35. The number of nitrogens with zero attached hydrogens (tertiary/aromatic N) is 2. The van der Waals surface area contributed by atoms with Crippen LogP contribution in [0.5, 0.6) is 0 Å². The summed E-state index contributed by atoms with van der Waals surface area (Å²) in [6, 6.07) is 8.36. The lowest BCUT2D eigenvalue weighted by Gasteiger charge is -2.13. The predicted molar refractivity (Wildman–Crippen MR) is 67.5 cm³/mol. The van der Waals surface area contributed by atoms with Crippen molar-refractivity contribution in [3.63, 3.8) is 0 Å². The van der Waals surface area contributed by atoms with Gasteiger partial charge in [-0.25, -0.2) is 4.98 Å². The number of rotatable bonds is 4. The molecule has 3 heteroatoms. The fourth-order valence-corrected chi connectivity index (χ4v) is 1.78. The van der Waals surface area contributed by atoms with Crippen LogP contribution < -0.4 is 5.32 Å². The molecule has 1 atom stereocenters. The third-order valence-electron chi connectivity index (χ3n) is 2.56. The molecule has 0 saturated heterocycles. The normalized spacial score (nSPS) is 12.6. The van der Waals surface area contributed by atoms with E-state index in [2.05, 4.69) is 29.1 Å². The van der Waals surface area contributed by atoms with Gasteiger partial charge in [-0.1, -0.05) is 25.5 Å². The minimum atomic E-state index is 0.445. The molecule has 1 aromatic carbocycles. The summed E-state index contributed by atoms with van der Waals surface area (Å²) in [5, 5.41) is 3.36. The van der Waals surface area contributed by atoms with E-state index in [1.165, 1.54) is 6.42 Å². The van der Waals surface area contributed by atoms with Gasteiger partial charge in [0.05, 0.1) is 17.2 Å². The quantitative estimate of drug-likeness (QED) is 0.850. The molecule has 0 bridgehead atoms. The van der Waals surface area contributed by atoms with Crippen molar-refractivity contribution in [1.82, 2.24) is 9.97 Å². The Morgan fingerprint density at radius 1 is 1.25 bits per heavy atom. The molecule has 0 aliphatic carbocycles. The highest BCUT2D eigenvalue weighted by Crippen LogP contribution is 2.12. The van der Waals surface area contributed by atoms with Crippen LogP contribution in [0.25, 0.3) is 11.0 Å². The number of nitrogens with one attached hydrogen (secondary N) is 1. The van der Waals surface area contributed by atoms with Crippen LogP contribution in [0.3, 0.4) is 0 Å². The average Bonchev–Trinajstić information content (AvgIpc) is 2.29. The third kappa shape index (κ3) is 2.48. The highest BCUT2D eigenvalue weighted by molar-refractivity contribution is 5.75. The van der Waals surface area contributed by atoms with E-state index in [-0.39, 0.29) is 0 Å². The Balaban J connectivity index is 2.19. The number of hydrogen-bond donors (Lipinski definition) is 1. The van der Waals surface area contributed by atoms with E-state index in [4.69, 9.17) is 0 Å². The molecule has 3 nitrogen and oxygen atoms in total. The molecule has 0 amide bonds. The van der Waals surface area contributed by atoms with Gasteiger partial charge in [0.1, 0.15) is 5.82 Å². The molecule has 1 N–H and O–H groups in total. The summed E-state index contributed by atoms with van der Waals surface area (Å²) in [6.07, 6.45) is 4.12. The molecule has 1 aromatic heterocycles. The molecule has 1 unspecified atom stereocenters. The van der Waals surface area contributed by atoms with Gasteiger partial charge in [-0.2, -0.15) is 0 Å². The first-order valence-electron chi connectivity index (χ1n) is 5.78. The van der Waals surface area contributed by atoms with Gasteiger partial charge in [-0.05, 0) is 25.5 Å². The number of anilines is 1. The largest absolute Gasteiger partial charge is 0.366 e. The molecule has 0 aliphatic rings. The van der Waals surface area contributed by atoms with Gasteiger partial charge < -0.3 is 5.32 Å². The fourth-order valence-electron chi connectivity index (χ4n) is 1.78. The van der Waals surface area contributed by atoms with Crippen LogP contribution >= 0.6 is 0 Å². The minimum Gasteiger partial charge on any atom is -0.366 e. The average molecular weight is 215 g/mol. The van der Waals surface area contributed by atoms with Crippen molar-refractivity contribution in [2.24, 2.45) is 0 Å². The van der Waals surface area contributed by atoms with Gasteiger partial charge in [0, 0.05) is 6.04 Å². The van der Waals surface area contributed by atoms with E-state index in [1.807, 2.05) is 24.3 Å². The second kappa shape index (κ2) is 4.92. The summed E-state index contributed by atoms with van der Waals surface area (Å²) in [5.74, 6) is 0.861. The standard InChI is InChI=1S/C13H17N3/c1-3-6-10(2)15-13-9-14-11-7-4-5-8-12(11)16-13/h4-5,7-10H,3,6H2,1-2H3,(H,15,16). The first-order valence-corrected chi connectivity index (χ1v) is 5.78. The maximum Gasteiger partial charge on any atom is 0.145 e. The Hall–Kier alpha value is -1.64. The molecule has 0 aliphatic heterocycles. The first-order chi connectivity index (χ1) is 7.79. The number of hydrogen-bond acceptors (Lipinski definition) is 3. The topological polar surface area (TPSA) is 37.8 Å². The molecular formula is C13H17N3. The summed E-state index contributed by atoms with van der Waals surface area (Å²) in [5.41, 5.74) is 1.88. The van der Waals surface area contributed by atoms with Crippen molar-refractivity contribution >= 4 is 16.9 Å². The summed E-state index contributed by atoms with van der Waals surface area (Å²) in [4.78, 5) is 8.89. The van der Waals surface area contributed by atoms with E-state index in [0.29, 0.717) is 6.04 Å². The molecule has 1 heterocycles. The van der Waals surface area contributed by atoms with Gasteiger partial charge in [0.2, 0.25) is 0 Å². The zero-order valence-electron chi connectivity index (χ0n) is 9.77. The SMILES string of the molecule is CCCC(C)Nc1cnc2ccccc2n1. The lowest BCUT2D eigenvalue weighted by molar-refractivity contribution is 0.687. The Morgan fingerprint density at radius 2 is 2.00 bits per heavy atom. The third-order valence-corrected chi connectivity index (χ3v) is 2.56. The van der Waals surface area contributed by atoms with Gasteiger partial charge in [0.25, 0.3) is 0 Å². The molecule has 16 heavy (non-hydrogen) atoms. The number of aromatic nitrogens is 2. The smallest absolute Gasteiger partial charge is 0.145 e. The Labute approximate surface area is 95.9 Å². The van der Waals surface area contributed by atoms with Crippen LogP contribution in [-0.2, 0) is 0 Å². The van der Waals surface area contributed by atoms with Gasteiger partial charge in [-0.3, -0.25) is 4.98 Å². The van der Waals surface area contributed by atoms with Crippen molar-refractivity contribution in [2.45, 2.75) is 32.7 Å². The molecule has 84 valence electrons. The fraction of sp³-hybridized carbons (Fsp3) is 0.385. The van der Waals surface area contributed by atoms with Crippen molar-refractivity contribution in [3.8, 4) is 0 Å². The van der Waals surface area contributed by atoms with Crippen LogP contribution in [0.1, 0.15) is 26.7 Å². The van der Waals surface area contributed by atoms with Crippen LogP contribution in [-0.4, -0.2) is 16.0 Å². The van der Waals surface area contributed by atoms with E-state index in [9.17, 15) is 0 Å². The molecular weight excluding hydrogens is 198 g/mol. The van der Waals surface area contributed by atoms with Crippen molar-refractivity contribution < 1.29 is 0 Å². The van der Waals surface area contributed by atoms with Crippen LogP contribution in [0.15, 0.2) is 30.5 Å². The van der Waals surface area contributed by atoms with E-state index in [0.717, 1.165) is 23.3 Å². The zero-order chi connectivity index (χ0) is 11.4. The Bertz CT molecular complexity index is 467. The maximum absolute atomic E-state index is 4.52. The molecule has 0 fully saturated rings. The molecule has 0 saturated carbocycles. The molecule has 2 aromatic rings.